The molecule has 158 valence electrons. The number of rotatable bonds is 8. The SMILES string of the molecule is COc1cc(C(=O)NS(=O)(=O)c2ccccc2OC(F)F)ccc1Cn1cccn1. The fourth-order valence-electron chi connectivity index (χ4n) is 2.69. The van der Waals surface area contributed by atoms with E-state index in [-0.39, 0.29) is 5.56 Å². The second-order valence-corrected chi connectivity index (χ2v) is 7.64. The Bertz CT molecular complexity index is 1130. The summed E-state index contributed by atoms with van der Waals surface area (Å²) in [5, 5.41) is 4.09. The van der Waals surface area contributed by atoms with Crippen LogP contribution in [0.1, 0.15) is 15.9 Å². The molecule has 0 aliphatic carbocycles. The van der Waals surface area contributed by atoms with Crippen molar-refractivity contribution in [3.05, 3.63) is 72.1 Å². The van der Waals surface area contributed by atoms with E-state index in [1.54, 1.807) is 29.2 Å². The number of hydrogen-bond donors (Lipinski definition) is 1. The highest BCUT2D eigenvalue weighted by atomic mass is 32.2. The van der Waals surface area contributed by atoms with Crippen LogP contribution in [0.3, 0.4) is 0 Å². The second-order valence-electron chi connectivity index (χ2n) is 5.99. The van der Waals surface area contributed by atoms with Crippen molar-refractivity contribution in [3.63, 3.8) is 0 Å². The predicted molar refractivity (Wildman–Crippen MR) is 102 cm³/mol. The van der Waals surface area contributed by atoms with Crippen LogP contribution < -0.4 is 14.2 Å². The van der Waals surface area contributed by atoms with E-state index in [9.17, 15) is 22.0 Å². The maximum atomic E-state index is 12.6. The number of sulfonamides is 1. The van der Waals surface area contributed by atoms with Gasteiger partial charge in [0.2, 0.25) is 0 Å². The molecule has 0 saturated carbocycles. The molecule has 30 heavy (non-hydrogen) atoms. The molecular formula is C19H17F2N3O5S. The van der Waals surface area contributed by atoms with Crippen LogP contribution >= 0.6 is 0 Å². The Morgan fingerprint density at radius 3 is 2.60 bits per heavy atom. The highest BCUT2D eigenvalue weighted by molar-refractivity contribution is 7.90. The first kappa shape index (κ1) is 21.2. The third-order valence-electron chi connectivity index (χ3n) is 4.02. The minimum Gasteiger partial charge on any atom is -0.496 e. The van der Waals surface area contributed by atoms with Crippen molar-refractivity contribution in [3.8, 4) is 11.5 Å². The highest BCUT2D eigenvalue weighted by Crippen LogP contribution is 2.26. The molecule has 1 heterocycles. The molecule has 0 fully saturated rings. The minimum absolute atomic E-state index is 0.00639. The third-order valence-corrected chi connectivity index (χ3v) is 5.39. The first-order valence-corrected chi connectivity index (χ1v) is 10.0. The Morgan fingerprint density at radius 2 is 1.93 bits per heavy atom. The number of methoxy groups -OCH3 is 1. The van der Waals surface area contributed by atoms with Crippen molar-refractivity contribution in [2.24, 2.45) is 0 Å². The average Bonchev–Trinajstić information content (AvgIpc) is 3.21. The first-order chi connectivity index (χ1) is 14.3. The molecular weight excluding hydrogens is 420 g/mol. The molecule has 8 nitrogen and oxygen atoms in total. The van der Waals surface area contributed by atoms with E-state index in [1.165, 1.54) is 31.4 Å². The Kier molecular flexibility index (Phi) is 6.31. The van der Waals surface area contributed by atoms with Crippen molar-refractivity contribution in [2.75, 3.05) is 7.11 Å². The standard InChI is InChI=1S/C19H17F2N3O5S/c1-28-16-11-13(7-8-14(16)12-24-10-4-9-22-24)18(25)23-30(26,27)17-6-3-2-5-15(17)29-19(20)21/h2-11,19H,12H2,1H3,(H,23,25). The van der Waals surface area contributed by atoms with Gasteiger partial charge in [0.1, 0.15) is 16.4 Å². The van der Waals surface area contributed by atoms with Crippen LogP contribution in [0.5, 0.6) is 11.5 Å². The summed E-state index contributed by atoms with van der Waals surface area (Å²) in [5.74, 6) is -1.16. The summed E-state index contributed by atoms with van der Waals surface area (Å²) < 4.78 is 63.2. The Hall–Kier alpha value is -3.47. The van der Waals surface area contributed by atoms with Gasteiger partial charge in [0, 0.05) is 23.5 Å². The van der Waals surface area contributed by atoms with Crippen LogP contribution in [0.4, 0.5) is 8.78 Å². The lowest BCUT2D eigenvalue weighted by Gasteiger charge is -2.13. The smallest absolute Gasteiger partial charge is 0.387 e. The Labute approximate surface area is 171 Å². The molecule has 0 spiro atoms. The molecule has 0 aliphatic heterocycles. The van der Waals surface area contributed by atoms with E-state index in [2.05, 4.69) is 9.84 Å². The van der Waals surface area contributed by atoms with Crippen LogP contribution in [-0.2, 0) is 16.6 Å². The lowest BCUT2D eigenvalue weighted by atomic mass is 10.1. The van der Waals surface area contributed by atoms with E-state index in [0.717, 1.165) is 17.7 Å². The second kappa shape index (κ2) is 8.91. The molecule has 0 unspecified atom stereocenters. The van der Waals surface area contributed by atoms with Crippen LogP contribution in [0.25, 0.3) is 0 Å². The molecule has 0 atom stereocenters. The molecule has 11 heteroatoms. The van der Waals surface area contributed by atoms with Gasteiger partial charge in [0.25, 0.3) is 15.9 Å². The Morgan fingerprint density at radius 1 is 1.17 bits per heavy atom. The quantitative estimate of drug-likeness (QED) is 0.582. The number of amides is 1. The number of alkyl halides is 2. The van der Waals surface area contributed by atoms with E-state index in [4.69, 9.17) is 4.74 Å². The van der Waals surface area contributed by atoms with Gasteiger partial charge in [-0.15, -0.1) is 0 Å². The summed E-state index contributed by atoms with van der Waals surface area (Å²) in [6.07, 6.45) is 3.38. The maximum Gasteiger partial charge on any atom is 0.387 e. The summed E-state index contributed by atoms with van der Waals surface area (Å²) in [6, 6.07) is 11.0. The summed E-state index contributed by atoms with van der Waals surface area (Å²) in [6.45, 7) is -2.84. The van der Waals surface area contributed by atoms with E-state index < -0.39 is 33.2 Å². The summed E-state index contributed by atoms with van der Waals surface area (Å²) in [4.78, 5) is 11.9. The summed E-state index contributed by atoms with van der Waals surface area (Å²) in [5.41, 5.74) is 0.725. The fraction of sp³-hybridized carbons (Fsp3) is 0.158. The van der Waals surface area contributed by atoms with Gasteiger partial charge in [0.15, 0.2) is 0 Å². The van der Waals surface area contributed by atoms with E-state index in [0.29, 0.717) is 12.3 Å². The average molecular weight is 437 g/mol. The third kappa shape index (κ3) is 4.92. The van der Waals surface area contributed by atoms with Gasteiger partial charge in [-0.05, 0) is 30.3 Å². The van der Waals surface area contributed by atoms with Gasteiger partial charge >= 0.3 is 6.61 Å². The fourth-order valence-corrected chi connectivity index (χ4v) is 3.80. The molecule has 0 bridgehead atoms. The molecule has 1 N–H and O–H groups in total. The van der Waals surface area contributed by atoms with Crippen molar-refractivity contribution >= 4 is 15.9 Å². The summed E-state index contributed by atoms with van der Waals surface area (Å²) in [7, 11) is -3.05. The van der Waals surface area contributed by atoms with Crippen LogP contribution in [0, 0.1) is 0 Å². The molecule has 0 radical (unpaired) electrons. The normalized spacial score (nSPS) is 11.3. The number of nitrogens with one attached hydrogen (secondary N) is 1. The molecule has 3 rings (SSSR count). The van der Waals surface area contributed by atoms with Gasteiger partial charge in [-0.3, -0.25) is 9.48 Å². The van der Waals surface area contributed by atoms with E-state index >= 15 is 0 Å². The van der Waals surface area contributed by atoms with Crippen molar-refractivity contribution in [1.82, 2.24) is 14.5 Å². The Balaban J connectivity index is 1.83. The predicted octanol–water partition coefficient (Wildman–Crippen LogP) is 2.66. The molecule has 2 aromatic carbocycles. The highest BCUT2D eigenvalue weighted by Gasteiger charge is 2.24. The van der Waals surface area contributed by atoms with Gasteiger partial charge < -0.3 is 9.47 Å². The van der Waals surface area contributed by atoms with Crippen LogP contribution in [0.15, 0.2) is 65.8 Å². The maximum absolute atomic E-state index is 12.6. The lowest BCUT2D eigenvalue weighted by Crippen LogP contribution is -2.31. The summed E-state index contributed by atoms with van der Waals surface area (Å²) >= 11 is 0. The van der Waals surface area contributed by atoms with Crippen molar-refractivity contribution < 1.29 is 31.5 Å². The number of hydrogen-bond acceptors (Lipinski definition) is 6. The zero-order valence-corrected chi connectivity index (χ0v) is 16.5. The van der Waals surface area contributed by atoms with Gasteiger partial charge in [-0.2, -0.15) is 13.9 Å². The topological polar surface area (TPSA) is 99.5 Å². The first-order valence-electron chi connectivity index (χ1n) is 8.55. The zero-order chi connectivity index (χ0) is 21.7. The number of carbonyl (C=O) groups excluding carboxylic acids is 1. The number of nitrogens with zero attached hydrogens (tertiary/aromatic N) is 2. The number of benzene rings is 2. The van der Waals surface area contributed by atoms with Gasteiger partial charge in [0.05, 0.1) is 13.7 Å². The molecule has 1 aromatic heterocycles. The minimum atomic E-state index is -4.47. The zero-order valence-electron chi connectivity index (χ0n) is 15.7. The number of aromatic nitrogens is 2. The molecule has 0 saturated heterocycles. The van der Waals surface area contributed by atoms with E-state index in [1.807, 2.05) is 4.72 Å². The number of ether oxygens (including phenoxy) is 2. The van der Waals surface area contributed by atoms with Gasteiger partial charge in [-0.1, -0.05) is 18.2 Å². The van der Waals surface area contributed by atoms with Crippen molar-refractivity contribution in [2.45, 2.75) is 18.1 Å². The number of halogens is 2. The molecule has 0 aliphatic rings. The van der Waals surface area contributed by atoms with Crippen molar-refractivity contribution in [1.29, 1.82) is 0 Å². The van der Waals surface area contributed by atoms with Gasteiger partial charge in [-0.25, -0.2) is 13.1 Å². The number of carbonyl (C=O) groups is 1. The molecule has 3 aromatic rings. The lowest BCUT2D eigenvalue weighted by molar-refractivity contribution is -0.0517. The van der Waals surface area contributed by atoms with Crippen LogP contribution in [-0.4, -0.2) is 37.8 Å². The monoisotopic (exact) mass is 437 g/mol. The number of para-hydroxylation sites is 1. The largest absolute Gasteiger partial charge is 0.496 e. The molecule has 1 amide bonds. The van der Waals surface area contributed by atoms with Crippen LogP contribution in [0.2, 0.25) is 0 Å².